The van der Waals surface area contributed by atoms with E-state index in [2.05, 4.69) is 15.0 Å². The third kappa shape index (κ3) is 3.96. The van der Waals surface area contributed by atoms with Crippen molar-refractivity contribution in [3.63, 3.8) is 0 Å². The van der Waals surface area contributed by atoms with Crippen LogP contribution in [0.4, 0.5) is 26.3 Å². The fourth-order valence-electron chi connectivity index (χ4n) is 4.51. The number of dihydropyridines is 2. The molecule has 0 spiro atoms. The number of benzene rings is 2. The maximum atomic E-state index is 14.1. The van der Waals surface area contributed by atoms with Gasteiger partial charge in [-0.3, -0.25) is 9.98 Å². The van der Waals surface area contributed by atoms with Crippen LogP contribution in [0.15, 0.2) is 63.5 Å². The monoisotopic (exact) mass is 496 g/mol. The van der Waals surface area contributed by atoms with Gasteiger partial charge in [0.05, 0.1) is 28.2 Å². The number of rotatable bonds is 0. The Morgan fingerprint density at radius 1 is 0.694 bits per heavy atom. The van der Waals surface area contributed by atoms with Crippen molar-refractivity contribution in [1.82, 2.24) is 0 Å². The minimum Gasteiger partial charge on any atom is -0.260 e. The number of halogens is 6. The zero-order valence-electron chi connectivity index (χ0n) is 18.2. The molecule has 36 heavy (non-hydrogen) atoms. The van der Waals surface area contributed by atoms with Crippen molar-refractivity contribution in [1.29, 1.82) is 5.26 Å². The van der Waals surface area contributed by atoms with E-state index < -0.39 is 23.5 Å². The second-order valence-electron chi connectivity index (χ2n) is 8.16. The molecule has 2 aromatic carbocycles. The van der Waals surface area contributed by atoms with Crippen molar-refractivity contribution in [3.05, 3.63) is 91.7 Å². The number of nitrogens with zero attached hydrogens (tertiary/aromatic N) is 4. The Bertz CT molecular complexity index is 1590. The molecule has 0 atom stereocenters. The molecule has 2 aliphatic heterocycles. The molecule has 0 radical (unpaired) electrons. The predicted octanol–water partition coefficient (Wildman–Crippen LogP) is 4.92. The van der Waals surface area contributed by atoms with Crippen molar-refractivity contribution in [2.24, 2.45) is 15.0 Å². The average molecular weight is 496 g/mol. The molecule has 1 aliphatic carbocycles. The van der Waals surface area contributed by atoms with E-state index in [4.69, 9.17) is 0 Å². The summed E-state index contributed by atoms with van der Waals surface area (Å²) in [6.07, 6.45) is 1.54. The maximum absolute atomic E-state index is 14.1. The normalized spacial score (nSPS) is 19.3. The van der Waals surface area contributed by atoms with Gasteiger partial charge in [-0.1, -0.05) is 12.2 Å². The third-order valence-corrected chi connectivity index (χ3v) is 6.04. The summed E-state index contributed by atoms with van der Waals surface area (Å²) < 4.78 is 84.6. The number of nitriles is 1. The highest BCUT2D eigenvalue weighted by molar-refractivity contribution is 6.16. The van der Waals surface area contributed by atoms with Crippen molar-refractivity contribution < 1.29 is 26.3 Å². The van der Waals surface area contributed by atoms with Crippen LogP contribution in [-0.4, -0.2) is 18.1 Å². The summed E-state index contributed by atoms with van der Waals surface area (Å²) in [4.78, 5) is 11.9. The first kappa shape index (κ1) is 23.5. The van der Waals surface area contributed by atoms with Crippen LogP contribution in [0.3, 0.4) is 0 Å². The van der Waals surface area contributed by atoms with Crippen LogP contribution in [0.5, 0.6) is 0 Å². The number of hydrogen-bond donors (Lipinski definition) is 0. The van der Waals surface area contributed by atoms with E-state index in [1.54, 1.807) is 30.5 Å². The standard InChI is InChI=1S/C26H14F6N4/c27-25(28,29)20-11-14-15-12-21(26(30,31)32)19(23-6-2-4-8-35-23)10-17(15)24(36-13-33)16(14)9-18(20)22-5-1-3-7-34-22/h1-4,7-12H,5-6H2. The van der Waals surface area contributed by atoms with Gasteiger partial charge in [-0.05, 0) is 46.9 Å². The smallest absolute Gasteiger partial charge is 0.260 e. The van der Waals surface area contributed by atoms with Gasteiger partial charge in [0.25, 0.3) is 0 Å². The molecule has 5 rings (SSSR count). The molecule has 0 amide bonds. The quantitative estimate of drug-likeness (QED) is 0.322. The Kier molecular flexibility index (Phi) is 5.51. The van der Waals surface area contributed by atoms with Crippen LogP contribution in [-0.2, 0) is 12.4 Å². The lowest BCUT2D eigenvalue weighted by Gasteiger charge is -2.12. The first-order valence-electron chi connectivity index (χ1n) is 10.7. The third-order valence-electron chi connectivity index (χ3n) is 6.04. The van der Waals surface area contributed by atoms with Crippen molar-refractivity contribution in [2.75, 3.05) is 0 Å². The zero-order chi connectivity index (χ0) is 25.7. The Balaban J connectivity index is 1.98. The van der Waals surface area contributed by atoms with E-state index in [1.165, 1.54) is 24.6 Å². The van der Waals surface area contributed by atoms with Gasteiger partial charge < -0.3 is 0 Å². The SMILES string of the molecule is N#CN=C1c2cc(=C3CC=CC=N3)c(C(F)(F)F)cc2=c2cc(C(F)(F)F)c(=C3CC=CC=N3)cc21. The summed E-state index contributed by atoms with van der Waals surface area (Å²) in [5, 5.41) is 8.71. The van der Waals surface area contributed by atoms with E-state index in [1.807, 2.05) is 0 Å². The van der Waals surface area contributed by atoms with Crippen molar-refractivity contribution in [3.8, 4) is 6.19 Å². The molecule has 180 valence electrons. The first-order chi connectivity index (χ1) is 17.1. The average Bonchev–Trinajstić information content (AvgIpc) is 3.15. The summed E-state index contributed by atoms with van der Waals surface area (Å²) in [6.45, 7) is 0. The van der Waals surface area contributed by atoms with Gasteiger partial charge in [-0.25, -0.2) is 0 Å². The van der Waals surface area contributed by atoms with Crippen LogP contribution in [0.25, 0.3) is 11.4 Å². The number of alkyl halides is 6. The zero-order valence-corrected chi connectivity index (χ0v) is 18.2. The molecule has 0 unspecified atom stereocenters. The predicted molar refractivity (Wildman–Crippen MR) is 122 cm³/mol. The fourth-order valence-corrected chi connectivity index (χ4v) is 4.51. The first-order valence-corrected chi connectivity index (χ1v) is 10.7. The number of aliphatic imine (C=N–C) groups is 3. The molecule has 2 aromatic rings. The molecule has 0 fully saturated rings. The van der Waals surface area contributed by atoms with Gasteiger partial charge in [0.1, 0.15) is 0 Å². The lowest BCUT2D eigenvalue weighted by Crippen LogP contribution is -2.23. The van der Waals surface area contributed by atoms with Crippen LogP contribution in [0.2, 0.25) is 0 Å². The second kappa shape index (κ2) is 8.45. The molecular weight excluding hydrogens is 482 g/mol. The molecule has 2 heterocycles. The van der Waals surface area contributed by atoms with E-state index in [0.29, 0.717) is 0 Å². The maximum Gasteiger partial charge on any atom is 0.417 e. The summed E-state index contributed by atoms with van der Waals surface area (Å²) >= 11 is 0. The van der Waals surface area contributed by atoms with E-state index in [9.17, 15) is 31.6 Å². The van der Waals surface area contributed by atoms with E-state index >= 15 is 0 Å². The van der Waals surface area contributed by atoms with Gasteiger partial charge in [0, 0.05) is 46.8 Å². The minimum atomic E-state index is -4.80. The van der Waals surface area contributed by atoms with Crippen molar-refractivity contribution in [2.45, 2.75) is 25.2 Å². The highest BCUT2D eigenvalue weighted by Crippen LogP contribution is 2.33. The lowest BCUT2D eigenvalue weighted by molar-refractivity contribution is -0.139. The molecule has 10 heteroatoms. The minimum absolute atomic E-state index is 0.000638. The summed E-state index contributed by atoms with van der Waals surface area (Å²) in [5.41, 5.74) is -1.49. The topological polar surface area (TPSA) is 60.9 Å². The van der Waals surface area contributed by atoms with Gasteiger partial charge in [0.2, 0.25) is 6.19 Å². The summed E-state index contributed by atoms with van der Waals surface area (Å²) in [7, 11) is 0. The Morgan fingerprint density at radius 2 is 1.14 bits per heavy atom. The highest BCUT2D eigenvalue weighted by atomic mass is 19.4. The Morgan fingerprint density at radius 3 is 1.47 bits per heavy atom. The van der Waals surface area contributed by atoms with Crippen LogP contribution < -0.4 is 10.4 Å². The Hall–Kier alpha value is -4.26. The summed E-state index contributed by atoms with van der Waals surface area (Å²) in [6, 6.07) is 4.06. The van der Waals surface area contributed by atoms with Crippen LogP contribution in [0, 0.1) is 21.9 Å². The van der Waals surface area contributed by atoms with Gasteiger partial charge in [-0.2, -0.15) is 36.6 Å². The molecule has 0 saturated heterocycles. The molecule has 0 saturated carbocycles. The van der Waals surface area contributed by atoms with Gasteiger partial charge in [0.15, 0.2) is 0 Å². The number of fused-ring (bicyclic) bond motifs is 2. The number of hydrogen-bond acceptors (Lipinski definition) is 4. The van der Waals surface area contributed by atoms with Crippen LogP contribution in [0.1, 0.15) is 35.1 Å². The van der Waals surface area contributed by atoms with Crippen molar-refractivity contribution >= 4 is 29.5 Å². The second-order valence-corrected chi connectivity index (χ2v) is 8.16. The lowest BCUT2D eigenvalue weighted by atomic mass is 10.00. The highest BCUT2D eigenvalue weighted by Gasteiger charge is 2.36. The fraction of sp³-hybridized carbons (Fsp3) is 0.154. The van der Waals surface area contributed by atoms with E-state index in [0.717, 1.165) is 12.1 Å². The molecule has 0 bridgehead atoms. The largest absolute Gasteiger partial charge is 0.417 e. The van der Waals surface area contributed by atoms with Gasteiger partial charge in [-0.15, -0.1) is 0 Å². The summed E-state index contributed by atoms with van der Waals surface area (Å²) in [5.74, 6) is 0. The van der Waals surface area contributed by atoms with E-state index in [-0.39, 0.29) is 61.9 Å². The van der Waals surface area contributed by atoms with Gasteiger partial charge >= 0.3 is 12.4 Å². The molecule has 3 aliphatic rings. The number of allylic oxidation sites excluding steroid dienone is 2. The molecule has 4 nitrogen and oxygen atoms in total. The van der Waals surface area contributed by atoms with Crippen LogP contribution >= 0.6 is 0 Å². The Labute approximate surface area is 199 Å². The molecule has 0 N–H and O–H groups in total. The molecular formula is C26H14F6N4. The molecule has 0 aromatic heterocycles.